The van der Waals surface area contributed by atoms with E-state index in [1.165, 1.54) is 23.1 Å². The van der Waals surface area contributed by atoms with Crippen molar-refractivity contribution < 1.29 is 4.79 Å². The molecule has 2 aromatic heterocycles. The van der Waals surface area contributed by atoms with Crippen LogP contribution in [0, 0.1) is 0 Å². The third kappa shape index (κ3) is 3.95. The molecule has 1 N–H and O–H groups in total. The summed E-state index contributed by atoms with van der Waals surface area (Å²) < 4.78 is 0. The molecule has 7 heteroatoms. The van der Waals surface area contributed by atoms with E-state index in [0.29, 0.717) is 17.1 Å². The van der Waals surface area contributed by atoms with Crippen molar-refractivity contribution in [2.75, 3.05) is 6.26 Å². The fourth-order valence-corrected chi connectivity index (χ4v) is 3.54. The summed E-state index contributed by atoms with van der Waals surface area (Å²) in [6, 6.07) is 11.1. The molecule has 2 heterocycles. The lowest BCUT2D eigenvalue weighted by molar-refractivity contribution is 0.0947. The van der Waals surface area contributed by atoms with Gasteiger partial charge in [0.15, 0.2) is 0 Å². The summed E-state index contributed by atoms with van der Waals surface area (Å²) in [7, 11) is 0. The topological polar surface area (TPSA) is 54.9 Å². The van der Waals surface area contributed by atoms with Gasteiger partial charge in [-0.3, -0.25) is 4.79 Å². The molecular formula is C17H14ClN3OS2. The van der Waals surface area contributed by atoms with Gasteiger partial charge in [-0.25, -0.2) is 9.97 Å². The third-order valence-electron chi connectivity index (χ3n) is 3.30. The van der Waals surface area contributed by atoms with Gasteiger partial charge in [0.05, 0.1) is 17.8 Å². The number of thioether (sulfide) groups is 1. The molecule has 0 radical (unpaired) electrons. The van der Waals surface area contributed by atoms with E-state index in [9.17, 15) is 4.79 Å². The van der Waals surface area contributed by atoms with E-state index in [2.05, 4.69) is 15.3 Å². The van der Waals surface area contributed by atoms with Crippen LogP contribution in [0.4, 0.5) is 0 Å². The smallest absolute Gasteiger partial charge is 0.254 e. The summed E-state index contributed by atoms with van der Waals surface area (Å²) in [5.41, 5.74) is 2.47. The number of rotatable bonds is 5. The number of amides is 1. The molecule has 0 saturated carbocycles. The number of hydrogen-bond acceptors (Lipinski definition) is 5. The number of halogens is 1. The Morgan fingerprint density at radius 2 is 2.08 bits per heavy atom. The van der Waals surface area contributed by atoms with E-state index >= 15 is 0 Å². The van der Waals surface area contributed by atoms with Gasteiger partial charge >= 0.3 is 0 Å². The Balaban J connectivity index is 1.67. The minimum Gasteiger partial charge on any atom is -0.345 e. The van der Waals surface area contributed by atoms with E-state index in [-0.39, 0.29) is 5.91 Å². The average Bonchev–Trinajstić information content (AvgIpc) is 3.09. The minimum atomic E-state index is -0.143. The van der Waals surface area contributed by atoms with Gasteiger partial charge in [0.2, 0.25) is 0 Å². The Morgan fingerprint density at radius 3 is 2.83 bits per heavy atom. The van der Waals surface area contributed by atoms with Crippen molar-refractivity contribution >= 4 is 40.6 Å². The summed E-state index contributed by atoms with van der Waals surface area (Å²) in [6.07, 6.45) is 3.58. The highest BCUT2D eigenvalue weighted by Gasteiger charge is 2.12. The first-order valence-electron chi connectivity index (χ1n) is 7.15. The number of carbonyl (C=O) groups excluding carboxylic acids is 1. The molecular weight excluding hydrogens is 362 g/mol. The molecule has 0 saturated heterocycles. The predicted molar refractivity (Wildman–Crippen MR) is 99.7 cm³/mol. The SMILES string of the molecule is CSc1ncccc1C(=O)NCc1nc(-c2ccc(Cl)cc2)cs1. The van der Waals surface area contributed by atoms with Crippen LogP contribution in [-0.4, -0.2) is 22.1 Å². The second-order valence-electron chi connectivity index (χ2n) is 4.88. The Kier molecular flexibility index (Phi) is 5.50. The van der Waals surface area contributed by atoms with E-state index in [0.717, 1.165) is 21.3 Å². The molecule has 0 aliphatic rings. The Bertz CT molecular complexity index is 849. The van der Waals surface area contributed by atoms with Crippen molar-refractivity contribution in [1.82, 2.24) is 15.3 Å². The van der Waals surface area contributed by atoms with Crippen LogP contribution in [0.3, 0.4) is 0 Å². The summed E-state index contributed by atoms with van der Waals surface area (Å²) >= 11 is 8.87. The maximum absolute atomic E-state index is 12.3. The molecule has 0 unspecified atom stereocenters. The number of thiazole rings is 1. The molecule has 0 spiro atoms. The van der Waals surface area contributed by atoms with E-state index in [4.69, 9.17) is 11.6 Å². The van der Waals surface area contributed by atoms with Crippen LogP contribution in [0.5, 0.6) is 0 Å². The molecule has 1 amide bonds. The number of benzene rings is 1. The summed E-state index contributed by atoms with van der Waals surface area (Å²) in [5, 5.41) is 7.14. The standard InChI is InChI=1S/C17H14ClN3OS2/c1-23-17-13(3-2-8-19-17)16(22)20-9-15-21-14(10-24-15)11-4-6-12(18)7-5-11/h2-8,10H,9H2,1H3,(H,20,22). The monoisotopic (exact) mass is 375 g/mol. The van der Waals surface area contributed by atoms with Crippen LogP contribution >= 0.6 is 34.7 Å². The zero-order valence-corrected chi connectivity index (χ0v) is 15.2. The molecule has 1 aromatic carbocycles. The molecule has 4 nitrogen and oxygen atoms in total. The molecule has 0 fully saturated rings. The zero-order valence-electron chi connectivity index (χ0n) is 12.8. The van der Waals surface area contributed by atoms with Crippen LogP contribution in [0.2, 0.25) is 5.02 Å². The van der Waals surface area contributed by atoms with Gasteiger partial charge in [-0.05, 0) is 30.5 Å². The minimum absolute atomic E-state index is 0.143. The Labute approximate surface area is 153 Å². The first-order valence-corrected chi connectivity index (χ1v) is 9.63. The van der Waals surface area contributed by atoms with Crippen molar-refractivity contribution in [1.29, 1.82) is 0 Å². The normalized spacial score (nSPS) is 10.6. The highest BCUT2D eigenvalue weighted by Crippen LogP contribution is 2.23. The first kappa shape index (κ1) is 17.0. The average molecular weight is 376 g/mol. The quantitative estimate of drug-likeness (QED) is 0.666. The summed E-state index contributed by atoms with van der Waals surface area (Å²) in [6.45, 7) is 0.389. The first-order chi connectivity index (χ1) is 11.7. The van der Waals surface area contributed by atoms with Gasteiger partial charge in [-0.1, -0.05) is 23.7 Å². The van der Waals surface area contributed by atoms with Crippen LogP contribution in [0.1, 0.15) is 15.4 Å². The van der Waals surface area contributed by atoms with Gasteiger partial charge in [0, 0.05) is 22.2 Å². The van der Waals surface area contributed by atoms with Crippen molar-refractivity contribution in [3.05, 3.63) is 63.6 Å². The molecule has 0 aliphatic heterocycles. The Hall–Kier alpha value is -1.89. The number of carbonyl (C=O) groups is 1. The van der Waals surface area contributed by atoms with Crippen molar-refractivity contribution in [3.8, 4) is 11.3 Å². The molecule has 122 valence electrons. The second-order valence-corrected chi connectivity index (χ2v) is 7.05. The Morgan fingerprint density at radius 1 is 1.29 bits per heavy atom. The number of nitrogens with zero attached hydrogens (tertiary/aromatic N) is 2. The lowest BCUT2D eigenvalue weighted by Gasteiger charge is -2.06. The van der Waals surface area contributed by atoms with Gasteiger partial charge in [0.25, 0.3) is 5.91 Å². The summed E-state index contributed by atoms with van der Waals surface area (Å²) in [5.74, 6) is -0.143. The van der Waals surface area contributed by atoms with Crippen LogP contribution in [-0.2, 0) is 6.54 Å². The number of pyridine rings is 1. The van der Waals surface area contributed by atoms with E-state index in [1.54, 1.807) is 18.3 Å². The number of aromatic nitrogens is 2. The highest BCUT2D eigenvalue weighted by atomic mass is 35.5. The van der Waals surface area contributed by atoms with E-state index < -0.39 is 0 Å². The number of nitrogens with one attached hydrogen (secondary N) is 1. The second kappa shape index (κ2) is 7.79. The largest absolute Gasteiger partial charge is 0.345 e. The molecule has 3 aromatic rings. The molecule has 0 atom stereocenters. The van der Waals surface area contributed by atoms with Crippen molar-refractivity contribution in [2.24, 2.45) is 0 Å². The van der Waals surface area contributed by atoms with Gasteiger partial charge < -0.3 is 5.32 Å². The molecule has 24 heavy (non-hydrogen) atoms. The maximum Gasteiger partial charge on any atom is 0.254 e. The van der Waals surface area contributed by atoms with Crippen molar-refractivity contribution in [3.63, 3.8) is 0 Å². The maximum atomic E-state index is 12.3. The van der Waals surface area contributed by atoms with Crippen LogP contribution < -0.4 is 5.32 Å². The zero-order chi connectivity index (χ0) is 16.9. The fraction of sp³-hybridized carbons (Fsp3) is 0.118. The third-order valence-corrected chi connectivity index (χ3v) is 5.11. The highest BCUT2D eigenvalue weighted by molar-refractivity contribution is 7.98. The predicted octanol–water partition coefficient (Wildman–Crippen LogP) is 4.51. The molecule has 0 aliphatic carbocycles. The van der Waals surface area contributed by atoms with Gasteiger partial charge in [0.1, 0.15) is 10.0 Å². The molecule has 3 rings (SSSR count). The lowest BCUT2D eigenvalue weighted by Crippen LogP contribution is -2.23. The van der Waals surface area contributed by atoms with E-state index in [1.807, 2.05) is 35.9 Å². The lowest BCUT2D eigenvalue weighted by atomic mass is 10.2. The number of hydrogen-bond donors (Lipinski definition) is 1. The summed E-state index contributed by atoms with van der Waals surface area (Å²) in [4.78, 5) is 21.1. The van der Waals surface area contributed by atoms with Gasteiger partial charge in [-0.15, -0.1) is 23.1 Å². The fourth-order valence-electron chi connectivity index (χ4n) is 2.12. The van der Waals surface area contributed by atoms with Gasteiger partial charge in [-0.2, -0.15) is 0 Å². The molecule has 0 bridgehead atoms. The van der Waals surface area contributed by atoms with Crippen LogP contribution in [0.25, 0.3) is 11.3 Å². The van der Waals surface area contributed by atoms with Crippen LogP contribution in [0.15, 0.2) is 53.0 Å². The van der Waals surface area contributed by atoms with Crippen molar-refractivity contribution in [2.45, 2.75) is 11.6 Å².